The molecule has 6 nitrogen and oxygen atoms in total. The van der Waals surface area contributed by atoms with Crippen LogP contribution in [-0.2, 0) is 4.79 Å². The zero-order valence-corrected chi connectivity index (χ0v) is 16.7. The second-order valence-electron chi connectivity index (χ2n) is 6.54. The average molecular weight is 433 g/mol. The summed E-state index contributed by atoms with van der Waals surface area (Å²) in [6.45, 7) is 3.51. The number of hydrogen-bond acceptors (Lipinski definition) is 4. The highest BCUT2D eigenvalue weighted by molar-refractivity contribution is 9.10. The summed E-state index contributed by atoms with van der Waals surface area (Å²) in [6, 6.07) is 13.6. The van der Waals surface area contributed by atoms with Gasteiger partial charge in [0.25, 0.3) is 5.91 Å². The Kier molecular flexibility index (Phi) is 5.82. The number of rotatable bonds is 6. The van der Waals surface area contributed by atoms with E-state index in [9.17, 15) is 14.7 Å². The maximum Gasteiger partial charge on any atom is 0.332 e. The number of benzene rings is 2. The highest BCUT2D eigenvalue weighted by Crippen LogP contribution is 2.26. The number of ether oxygens (including phenoxy) is 1. The van der Waals surface area contributed by atoms with E-state index in [1.165, 1.54) is 4.90 Å². The molecule has 0 unspecified atom stereocenters. The molecule has 0 spiro atoms. The number of carbonyl (C=O) groups is 2. The van der Waals surface area contributed by atoms with Crippen LogP contribution in [0.2, 0.25) is 0 Å². The minimum Gasteiger partial charge on any atom is -0.491 e. The molecule has 0 saturated carbocycles. The average Bonchev–Trinajstić information content (AvgIpc) is 2.85. The summed E-state index contributed by atoms with van der Waals surface area (Å²) in [6.07, 6.45) is -0.984. The molecule has 7 heteroatoms. The van der Waals surface area contributed by atoms with Crippen molar-refractivity contribution in [2.24, 2.45) is 0 Å². The predicted octanol–water partition coefficient (Wildman–Crippen LogP) is 3.35. The van der Waals surface area contributed by atoms with E-state index < -0.39 is 18.2 Å². The van der Waals surface area contributed by atoms with Crippen LogP contribution in [0.1, 0.15) is 12.5 Å². The second kappa shape index (κ2) is 8.10. The number of aliphatic hydroxyl groups excluding tert-OH is 1. The van der Waals surface area contributed by atoms with Crippen molar-refractivity contribution in [3.63, 3.8) is 0 Å². The fraction of sp³-hybridized carbons (Fsp3) is 0.300. The van der Waals surface area contributed by atoms with Gasteiger partial charge in [0.15, 0.2) is 0 Å². The van der Waals surface area contributed by atoms with Gasteiger partial charge >= 0.3 is 6.03 Å². The van der Waals surface area contributed by atoms with Gasteiger partial charge in [-0.2, -0.15) is 0 Å². The summed E-state index contributed by atoms with van der Waals surface area (Å²) < 4.78 is 6.40. The van der Waals surface area contributed by atoms with E-state index in [1.807, 2.05) is 43.3 Å². The van der Waals surface area contributed by atoms with E-state index in [-0.39, 0.29) is 19.1 Å². The Morgan fingerprint density at radius 2 is 1.89 bits per heavy atom. The maximum absolute atomic E-state index is 12.7. The van der Waals surface area contributed by atoms with Crippen LogP contribution in [0.4, 0.5) is 10.5 Å². The number of halogens is 1. The number of carbonyl (C=O) groups excluding carboxylic acids is 2. The minimum absolute atomic E-state index is 0.0214. The quantitative estimate of drug-likeness (QED) is 0.710. The fourth-order valence-corrected chi connectivity index (χ4v) is 3.32. The van der Waals surface area contributed by atoms with Crippen LogP contribution in [0.5, 0.6) is 5.75 Å². The Hall–Kier alpha value is -2.38. The van der Waals surface area contributed by atoms with Crippen LogP contribution in [-0.4, -0.2) is 47.2 Å². The Balaban J connectivity index is 1.64. The van der Waals surface area contributed by atoms with Crippen LogP contribution in [0.3, 0.4) is 0 Å². The number of imide groups is 1. The van der Waals surface area contributed by atoms with Crippen molar-refractivity contribution < 1.29 is 19.4 Å². The lowest BCUT2D eigenvalue weighted by atomic mass is 10.2. The van der Waals surface area contributed by atoms with Crippen LogP contribution in [0.25, 0.3) is 0 Å². The molecule has 2 aromatic carbocycles. The Morgan fingerprint density at radius 3 is 2.56 bits per heavy atom. The van der Waals surface area contributed by atoms with Crippen molar-refractivity contribution in [1.82, 2.24) is 4.90 Å². The first kappa shape index (κ1) is 19.4. The summed E-state index contributed by atoms with van der Waals surface area (Å²) in [5, 5.41) is 10.3. The Morgan fingerprint density at radius 1 is 1.19 bits per heavy atom. The smallest absolute Gasteiger partial charge is 0.332 e. The molecule has 1 aliphatic heterocycles. The predicted molar refractivity (Wildman–Crippen MR) is 106 cm³/mol. The molecule has 1 N–H and O–H groups in total. The second-order valence-corrected chi connectivity index (χ2v) is 7.45. The lowest BCUT2D eigenvalue weighted by Gasteiger charge is -2.21. The Bertz CT molecular complexity index is 840. The maximum atomic E-state index is 12.7. The molecule has 142 valence electrons. The number of nitrogens with zero attached hydrogens (tertiary/aromatic N) is 2. The van der Waals surface area contributed by atoms with Gasteiger partial charge in [-0.05, 0) is 44.2 Å². The van der Waals surface area contributed by atoms with Crippen molar-refractivity contribution in [3.05, 3.63) is 58.6 Å². The van der Waals surface area contributed by atoms with E-state index in [0.717, 1.165) is 14.9 Å². The topological polar surface area (TPSA) is 70.1 Å². The number of anilines is 1. The molecule has 27 heavy (non-hydrogen) atoms. The molecule has 1 saturated heterocycles. The first-order valence-corrected chi connectivity index (χ1v) is 9.44. The molecule has 1 fully saturated rings. The van der Waals surface area contributed by atoms with Gasteiger partial charge in [0.2, 0.25) is 0 Å². The Labute approximate surface area is 166 Å². The normalized spacial score (nSPS) is 18.1. The summed E-state index contributed by atoms with van der Waals surface area (Å²) in [7, 11) is 0. The van der Waals surface area contributed by atoms with Gasteiger partial charge in [0.05, 0.1) is 6.54 Å². The van der Waals surface area contributed by atoms with Gasteiger partial charge in [-0.3, -0.25) is 14.6 Å². The van der Waals surface area contributed by atoms with Crippen LogP contribution < -0.4 is 9.64 Å². The third kappa shape index (κ3) is 4.31. The summed E-state index contributed by atoms with van der Waals surface area (Å²) >= 11 is 3.35. The van der Waals surface area contributed by atoms with E-state index in [0.29, 0.717) is 11.4 Å². The largest absolute Gasteiger partial charge is 0.491 e. The molecular weight excluding hydrogens is 412 g/mol. The molecule has 2 aromatic rings. The first-order valence-electron chi connectivity index (χ1n) is 8.64. The molecule has 1 heterocycles. The fourth-order valence-electron chi connectivity index (χ4n) is 2.95. The van der Waals surface area contributed by atoms with E-state index >= 15 is 0 Å². The number of aliphatic hydroxyl groups is 1. The third-order valence-corrected chi connectivity index (χ3v) is 4.88. The van der Waals surface area contributed by atoms with E-state index in [4.69, 9.17) is 4.74 Å². The molecule has 3 rings (SSSR count). The molecule has 0 bridgehead atoms. The van der Waals surface area contributed by atoms with Crippen molar-refractivity contribution in [2.75, 3.05) is 18.1 Å². The van der Waals surface area contributed by atoms with Crippen molar-refractivity contribution in [1.29, 1.82) is 0 Å². The summed E-state index contributed by atoms with van der Waals surface area (Å²) in [4.78, 5) is 27.8. The first-order chi connectivity index (χ1) is 12.9. The molecule has 2 atom stereocenters. The molecule has 0 radical (unpaired) electrons. The monoisotopic (exact) mass is 432 g/mol. The number of β-amino-alcohol motifs (C(OH)–C–C–N with tert-alkyl or cyclic N) is 1. The van der Waals surface area contributed by atoms with Crippen molar-refractivity contribution >= 4 is 33.6 Å². The molecular formula is C20H21BrN2O4. The lowest BCUT2D eigenvalue weighted by Crippen LogP contribution is -2.40. The number of aryl methyl sites for hydroxylation is 1. The molecule has 0 aromatic heterocycles. The number of hydrogen-bond donors (Lipinski definition) is 1. The molecule has 0 aliphatic carbocycles. The van der Waals surface area contributed by atoms with Gasteiger partial charge in [-0.1, -0.05) is 39.7 Å². The van der Waals surface area contributed by atoms with Crippen LogP contribution >= 0.6 is 15.9 Å². The van der Waals surface area contributed by atoms with Gasteiger partial charge in [0.1, 0.15) is 24.5 Å². The van der Waals surface area contributed by atoms with Crippen molar-refractivity contribution in [3.8, 4) is 5.75 Å². The van der Waals surface area contributed by atoms with Crippen LogP contribution in [0.15, 0.2) is 53.0 Å². The van der Waals surface area contributed by atoms with E-state index in [1.54, 1.807) is 19.1 Å². The summed E-state index contributed by atoms with van der Waals surface area (Å²) in [5.41, 5.74) is 1.73. The zero-order chi connectivity index (χ0) is 19.6. The van der Waals surface area contributed by atoms with Gasteiger partial charge in [-0.25, -0.2) is 4.79 Å². The zero-order valence-electron chi connectivity index (χ0n) is 15.1. The van der Waals surface area contributed by atoms with Gasteiger partial charge in [-0.15, -0.1) is 0 Å². The van der Waals surface area contributed by atoms with E-state index in [2.05, 4.69) is 15.9 Å². The van der Waals surface area contributed by atoms with Crippen LogP contribution in [0, 0.1) is 6.92 Å². The highest BCUT2D eigenvalue weighted by atomic mass is 79.9. The molecule has 1 aliphatic rings. The van der Waals surface area contributed by atoms with Gasteiger partial charge in [0, 0.05) is 10.2 Å². The SMILES string of the molecule is Cc1ccc(N2C(=O)N(C[C@H](O)COc3cccc(Br)c3)C(=O)[C@@H]2C)cc1. The van der Waals surface area contributed by atoms with Gasteiger partial charge < -0.3 is 9.84 Å². The highest BCUT2D eigenvalue weighted by Gasteiger charge is 2.43. The minimum atomic E-state index is -0.984. The summed E-state index contributed by atoms with van der Waals surface area (Å²) in [5.74, 6) is 0.263. The number of urea groups is 1. The third-order valence-electron chi connectivity index (χ3n) is 4.39. The molecule has 3 amide bonds. The van der Waals surface area contributed by atoms with Crippen molar-refractivity contribution in [2.45, 2.75) is 26.0 Å². The lowest BCUT2D eigenvalue weighted by molar-refractivity contribution is -0.128. The number of amides is 3. The standard InChI is InChI=1S/C20H21BrN2O4/c1-13-6-8-16(9-7-13)23-14(2)19(25)22(20(23)26)11-17(24)12-27-18-5-3-4-15(21)10-18/h3-10,14,17,24H,11-12H2,1-2H3/t14-,17-/m0/s1.